The largest absolute Gasteiger partial charge is 0.344 e. The predicted molar refractivity (Wildman–Crippen MR) is 149 cm³/mol. The Hall–Kier alpha value is -3.06. The summed E-state index contributed by atoms with van der Waals surface area (Å²) in [4.78, 5) is 64.8. The summed E-state index contributed by atoms with van der Waals surface area (Å²) >= 11 is 0.917. The van der Waals surface area contributed by atoms with Gasteiger partial charge in [-0.1, -0.05) is 57.8 Å². The van der Waals surface area contributed by atoms with Crippen molar-refractivity contribution < 1.29 is 29.3 Å². The number of hydrogen-bond donors (Lipinski definition) is 2. The van der Waals surface area contributed by atoms with Gasteiger partial charge in [-0.05, 0) is 30.6 Å². The quantitative estimate of drug-likeness (QED) is 0.176. The molecular formula is C27H41N5O7S. The van der Waals surface area contributed by atoms with Crippen molar-refractivity contribution >= 4 is 40.5 Å². The van der Waals surface area contributed by atoms with Crippen molar-refractivity contribution in [2.45, 2.75) is 77.8 Å². The summed E-state index contributed by atoms with van der Waals surface area (Å²) in [5.74, 6) is -1.16. The van der Waals surface area contributed by atoms with Gasteiger partial charge < -0.3 is 15.1 Å². The third-order valence-electron chi connectivity index (χ3n) is 8.05. The lowest BCUT2D eigenvalue weighted by Crippen LogP contribution is -2.58. The lowest BCUT2D eigenvalue weighted by Gasteiger charge is -2.40. The van der Waals surface area contributed by atoms with E-state index in [9.17, 15) is 34.5 Å². The molecule has 1 aromatic heterocycles. The van der Waals surface area contributed by atoms with Crippen molar-refractivity contribution in [3.63, 3.8) is 0 Å². The zero-order chi connectivity index (χ0) is 29.6. The van der Waals surface area contributed by atoms with Crippen molar-refractivity contribution in [1.82, 2.24) is 20.2 Å². The average Bonchev–Trinajstić information content (AvgIpc) is 3.62. The SMILES string of the molecule is CN(C(=O)[C@@H](NC(=O)[C@H](CC1CCCC1)CN(O)C=O)C(C)(C)C)C1CCN(C(=O)c2csc([N+](=O)[O-])c2)CC1. The molecule has 2 fully saturated rings. The van der Waals surface area contributed by atoms with Crippen LogP contribution in [0.1, 0.15) is 76.1 Å². The van der Waals surface area contributed by atoms with E-state index in [0.717, 1.165) is 37.0 Å². The van der Waals surface area contributed by atoms with Crippen LogP contribution < -0.4 is 5.32 Å². The van der Waals surface area contributed by atoms with E-state index in [0.29, 0.717) is 48.9 Å². The third-order valence-corrected chi connectivity index (χ3v) is 8.93. The maximum Gasteiger partial charge on any atom is 0.324 e. The zero-order valence-corrected chi connectivity index (χ0v) is 24.5. The van der Waals surface area contributed by atoms with Crippen molar-refractivity contribution in [2.24, 2.45) is 17.3 Å². The molecule has 2 aliphatic rings. The summed E-state index contributed by atoms with van der Waals surface area (Å²) < 4.78 is 0. The summed E-state index contributed by atoms with van der Waals surface area (Å²) in [6.07, 6.45) is 6.10. The van der Waals surface area contributed by atoms with Crippen LogP contribution in [0.25, 0.3) is 0 Å². The Bertz CT molecular complexity index is 1070. The molecule has 2 atom stereocenters. The number of likely N-dealkylation sites (tertiary alicyclic amines) is 1. The molecule has 4 amide bonds. The van der Waals surface area contributed by atoms with Crippen LogP contribution in [0.3, 0.4) is 0 Å². The third kappa shape index (κ3) is 8.00. The fourth-order valence-electron chi connectivity index (χ4n) is 5.65. The number of amides is 4. The number of nitrogens with zero attached hydrogens (tertiary/aromatic N) is 4. The van der Waals surface area contributed by atoms with Gasteiger partial charge in [-0.3, -0.25) is 34.5 Å². The van der Waals surface area contributed by atoms with Gasteiger partial charge in [-0.25, -0.2) is 5.06 Å². The lowest BCUT2D eigenvalue weighted by molar-refractivity contribution is -0.380. The molecule has 3 rings (SSSR count). The highest BCUT2D eigenvalue weighted by molar-refractivity contribution is 7.13. The molecule has 0 aromatic carbocycles. The molecule has 0 unspecified atom stereocenters. The molecule has 40 heavy (non-hydrogen) atoms. The molecule has 1 aliphatic carbocycles. The molecule has 13 heteroatoms. The van der Waals surface area contributed by atoms with Gasteiger partial charge in [0.2, 0.25) is 18.2 Å². The van der Waals surface area contributed by atoms with Crippen molar-refractivity contribution in [2.75, 3.05) is 26.7 Å². The van der Waals surface area contributed by atoms with Crippen LogP contribution in [-0.4, -0.2) is 87.9 Å². The summed E-state index contributed by atoms with van der Waals surface area (Å²) in [7, 11) is 1.70. The Kier molecular flexibility index (Phi) is 10.6. The number of hydrogen-bond acceptors (Lipinski definition) is 8. The summed E-state index contributed by atoms with van der Waals surface area (Å²) in [5.41, 5.74) is -0.314. The van der Waals surface area contributed by atoms with E-state index >= 15 is 0 Å². The van der Waals surface area contributed by atoms with E-state index in [1.54, 1.807) is 16.8 Å². The van der Waals surface area contributed by atoms with Crippen LogP contribution in [0, 0.1) is 27.4 Å². The van der Waals surface area contributed by atoms with Gasteiger partial charge in [0.25, 0.3) is 5.91 Å². The summed E-state index contributed by atoms with van der Waals surface area (Å²) in [6, 6.07) is 0.314. The Labute approximate surface area is 238 Å². The number of carbonyl (C=O) groups is 4. The van der Waals surface area contributed by atoms with Crippen LogP contribution >= 0.6 is 11.3 Å². The molecular weight excluding hydrogens is 538 g/mol. The van der Waals surface area contributed by atoms with E-state index in [4.69, 9.17) is 0 Å². The first-order valence-electron chi connectivity index (χ1n) is 13.8. The Morgan fingerprint density at radius 3 is 2.38 bits per heavy atom. The second-order valence-electron chi connectivity index (χ2n) is 12.0. The fourth-order valence-corrected chi connectivity index (χ4v) is 6.34. The van der Waals surface area contributed by atoms with E-state index in [-0.39, 0.29) is 41.7 Å². The van der Waals surface area contributed by atoms with Gasteiger partial charge in [0.15, 0.2) is 0 Å². The monoisotopic (exact) mass is 579 g/mol. The topological polar surface area (TPSA) is 153 Å². The number of nitrogens with one attached hydrogen (secondary N) is 1. The standard InChI is InChI=1S/C27H41N5O7S/c1-27(2,3)23(28-24(34)19(15-31(37)17-33)13-18-7-5-6-8-18)26(36)29(4)21-9-11-30(12-10-21)25(35)20-14-22(32(38)39)40-16-20/h14,16-19,21,23,37H,5-13,15H2,1-4H3,(H,28,34)/t19-,23-/m1/s1. The van der Waals surface area contributed by atoms with E-state index in [1.807, 2.05) is 20.8 Å². The fraction of sp³-hybridized carbons (Fsp3) is 0.704. The number of hydroxylamine groups is 2. The number of rotatable bonds is 11. The summed E-state index contributed by atoms with van der Waals surface area (Å²) in [6.45, 7) is 6.30. The smallest absolute Gasteiger partial charge is 0.324 e. The van der Waals surface area contributed by atoms with Crippen LogP contribution in [0.5, 0.6) is 0 Å². The Morgan fingerprint density at radius 2 is 1.85 bits per heavy atom. The van der Waals surface area contributed by atoms with Crippen LogP contribution in [0.2, 0.25) is 0 Å². The molecule has 2 heterocycles. The number of piperidine rings is 1. The van der Waals surface area contributed by atoms with Crippen molar-refractivity contribution in [1.29, 1.82) is 0 Å². The number of thiophene rings is 1. The molecule has 0 radical (unpaired) electrons. The maximum atomic E-state index is 13.7. The predicted octanol–water partition coefficient (Wildman–Crippen LogP) is 3.29. The average molecular weight is 580 g/mol. The van der Waals surface area contributed by atoms with Crippen LogP contribution in [0.4, 0.5) is 5.00 Å². The molecule has 1 saturated heterocycles. The number of likely N-dealkylation sites (N-methyl/N-ethyl adjacent to an activating group) is 1. The van der Waals surface area contributed by atoms with Gasteiger partial charge in [-0.15, -0.1) is 0 Å². The second kappa shape index (κ2) is 13.5. The van der Waals surface area contributed by atoms with Gasteiger partial charge in [0.1, 0.15) is 6.04 Å². The highest BCUT2D eigenvalue weighted by atomic mass is 32.1. The van der Waals surface area contributed by atoms with Gasteiger partial charge >= 0.3 is 5.00 Å². The van der Waals surface area contributed by atoms with Gasteiger partial charge in [0.05, 0.1) is 22.9 Å². The first-order valence-corrected chi connectivity index (χ1v) is 14.7. The molecule has 0 spiro atoms. The normalized spacial score (nSPS) is 18.2. The van der Waals surface area contributed by atoms with E-state index in [2.05, 4.69) is 5.32 Å². The minimum atomic E-state index is -0.828. The Morgan fingerprint density at radius 1 is 1.23 bits per heavy atom. The first kappa shape index (κ1) is 31.5. The van der Waals surface area contributed by atoms with E-state index in [1.165, 1.54) is 11.4 Å². The molecule has 1 saturated carbocycles. The summed E-state index contributed by atoms with van der Waals surface area (Å²) in [5, 5.41) is 25.6. The van der Waals surface area contributed by atoms with Gasteiger partial charge in [-0.2, -0.15) is 0 Å². The van der Waals surface area contributed by atoms with E-state index < -0.39 is 22.3 Å². The zero-order valence-electron chi connectivity index (χ0n) is 23.7. The molecule has 1 aromatic rings. The van der Waals surface area contributed by atoms with Crippen molar-refractivity contribution in [3.8, 4) is 0 Å². The minimum absolute atomic E-state index is 0.0813. The highest BCUT2D eigenvalue weighted by Gasteiger charge is 2.39. The molecule has 222 valence electrons. The molecule has 1 aliphatic heterocycles. The maximum absolute atomic E-state index is 13.7. The second-order valence-corrected chi connectivity index (χ2v) is 12.9. The highest BCUT2D eigenvalue weighted by Crippen LogP contribution is 2.32. The minimum Gasteiger partial charge on any atom is -0.344 e. The lowest BCUT2D eigenvalue weighted by atomic mass is 9.84. The number of carbonyl (C=O) groups excluding carboxylic acids is 4. The Balaban J connectivity index is 1.64. The molecule has 2 N–H and O–H groups in total. The molecule has 0 bridgehead atoms. The van der Waals surface area contributed by atoms with Crippen molar-refractivity contribution in [3.05, 3.63) is 27.1 Å². The van der Waals surface area contributed by atoms with Gasteiger partial charge in [0, 0.05) is 37.6 Å². The van der Waals surface area contributed by atoms with Crippen LogP contribution in [0.15, 0.2) is 11.4 Å². The molecule has 12 nitrogen and oxygen atoms in total. The first-order chi connectivity index (χ1) is 18.8. The van der Waals surface area contributed by atoms with Crippen LogP contribution in [-0.2, 0) is 14.4 Å². The number of nitro groups is 1.